The lowest BCUT2D eigenvalue weighted by Gasteiger charge is -2.14. The van der Waals surface area contributed by atoms with Crippen LogP contribution in [0.3, 0.4) is 0 Å². The van der Waals surface area contributed by atoms with Crippen molar-refractivity contribution >= 4 is 17.4 Å². The van der Waals surface area contributed by atoms with Gasteiger partial charge < -0.3 is 9.73 Å². The number of pyridine rings is 1. The van der Waals surface area contributed by atoms with Crippen molar-refractivity contribution in [3.8, 4) is 0 Å². The molecule has 1 fully saturated rings. The molecule has 2 atom stereocenters. The van der Waals surface area contributed by atoms with E-state index in [1.54, 1.807) is 0 Å². The summed E-state index contributed by atoms with van der Waals surface area (Å²) in [7, 11) is 0. The molecule has 0 unspecified atom stereocenters. The number of hydrogen-bond donors (Lipinski definition) is 1. The van der Waals surface area contributed by atoms with E-state index >= 15 is 0 Å². The summed E-state index contributed by atoms with van der Waals surface area (Å²) in [4.78, 5) is 4.01. The Labute approximate surface area is 133 Å². The fourth-order valence-corrected chi connectivity index (χ4v) is 3.01. The number of hydrogen-bond acceptors (Lipinski definition) is 5. The minimum Gasteiger partial charge on any atom is -0.425 e. The molecule has 1 aliphatic carbocycles. The summed E-state index contributed by atoms with van der Waals surface area (Å²) >= 11 is 5.71. The Hall–Kier alpha value is -1.69. The van der Waals surface area contributed by atoms with E-state index in [1.165, 1.54) is 12.3 Å². The predicted molar refractivity (Wildman–Crippen MR) is 81.3 cm³/mol. The fraction of sp³-hybridized carbons (Fsp3) is 0.533. The summed E-state index contributed by atoms with van der Waals surface area (Å²) in [6.45, 7) is 1.99. The lowest BCUT2D eigenvalue weighted by molar-refractivity contribution is 0.408. The number of anilines is 1. The molecule has 0 radical (unpaired) electrons. The highest BCUT2D eigenvalue weighted by molar-refractivity contribution is 6.30. The van der Waals surface area contributed by atoms with E-state index in [2.05, 4.69) is 20.5 Å². The number of aryl methyl sites for hydroxylation is 1. The molecule has 1 N–H and O–H groups in total. The molecule has 0 aromatic carbocycles. The van der Waals surface area contributed by atoms with E-state index in [1.807, 2.05) is 6.92 Å². The Bertz CT molecular complexity index is 648. The average Bonchev–Trinajstić information content (AvgIpc) is 3.12. The highest BCUT2D eigenvalue weighted by atomic mass is 35.5. The Morgan fingerprint density at radius 1 is 1.36 bits per heavy atom. The Morgan fingerprint density at radius 3 is 2.91 bits per heavy atom. The molecule has 3 rings (SSSR count). The maximum atomic E-state index is 13.7. The Balaban J connectivity index is 1.55. The second kappa shape index (κ2) is 6.60. The van der Waals surface area contributed by atoms with Crippen molar-refractivity contribution in [1.82, 2.24) is 15.2 Å². The number of aromatic nitrogens is 3. The van der Waals surface area contributed by atoms with E-state index in [0.29, 0.717) is 22.7 Å². The van der Waals surface area contributed by atoms with Crippen molar-refractivity contribution in [1.29, 1.82) is 0 Å². The number of rotatable bonds is 5. The third-order valence-corrected chi connectivity index (χ3v) is 4.17. The summed E-state index contributed by atoms with van der Waals surface area (Å²) in [6, 6.07) is 1.48. The average molecular weight is 325 g/mol. The maximum Gasteiger partial charge on any atom is 0.216 e. The zero-order valence-corrected chi connectivity index (χ0v) is 13.1. The first-order chi connectivity index (χ1) is 10.6. The van der Waals surface area contributed by atoms with Crippen LogP contribution in [0.2, 0.25) is 5.02 Å². The van der Waals surface area contributed by atoms with Crippen molar-refractivity contribution in [3.63, 3.8) is 0 Å². The molecule has 0 amide bonds. The van der Waals surface area contributed by atoms with Gasteiger partial charge in [0.25, 0.3) is 0 Å². The van der Waals surface area contributed by atoms with Gasteiger partial charge >= 0.3 is 0 Å². The highest BCUT2D eigenvalue weighted by Crippen LogP contribution is 2.31. The highest BCUT2D eigenvalue weighted by Gasteiger charge is 2.27. The van der Waals surface area contributed by atoms with E-state index in [0.717, 1.165) is 32.1 Å². The van der Waals surface area contributed by atoms with Crippen LogP contribution in [0.15, 0.2) is 16.7 Å². The first kappa shape index (κ1) is 15.2. The second-order valence-corrected chi connectivity index (χ2v) is 6.09. The van der Waals surface area contributed by atoms with Gasteiger partial charge in [-0.25, -0.2) is 9.37 Å². The minimum atomic E-state index is -0.416. The quantitative estimate of drug-likeness (QED) is 0.909. The predicted octanol–water partition coefficient (Wildman–Crippen LogP) is 3.64. The molecule has 2 aromatic rings. The number of nitrogens with zero attached hydrogens (tertiary/aromatic N) is 3. The molecular weight excluding hydrogens is 307 g/mol. The molecule has 0 aliphatic heterocycles. The van der Waals surface area contributed by atoms with Gasteiger partial charge in [0.2, 0.25) is 11.8 Å². The Kier molecular flexibility index (Phi) is 4.57. The first-order valence-electron chi connectivity index (χ1n) is 7.53. The summed E-state index contributed by atoms with van der Waals surface area (Å²) in [6.07, 6.45) is 5.95. The third kappa shape index (κ3) is 3.55. The van der Waals surface area contributed by atoms with E-state index in [9.17, 15) is 4.39 Å². The van der Waals surface area contributed by atoms with Crippen LogP contribution in [0.1, 0.15) is 38.0 Å². The molecule has 1 saturated carbocycles. The largest absolute Gasteiger partial charge is 0.425 e. The van der Waals surface area contributed by atoms with Crippen LogP contribution < -0.4 is 5.32 Å². The molecule has 0 saturated heterocycles. The van der Waals surface area contributed by atoms with Gasteiger partial charge in [-0.15, -0.1) is 10.2 Å². The SMILES string of the molecule is CCc1nnc(C[C@@H]2CC[C@H](Nc3ncc(Cl)cc3F)C2)o1. The summed E-state index contributed by atoms with van der Waals surface area (Å²) in [5.41, 5.74) is 0. The van der Waals surface area contributed by atoms with Gasteiger partial charge in [0.1, 0.15) is 0 Å². The lowest BCUT2D eigenvalue weighted by atomic mass is 10.0. The number of nitrogens with one attached hydrogen (secondary N) is 1. The van der Waals surface area contributed by atoms with Crippen LogP contribution in [-0.4, -0.2) is 21.2 Å². The molecule has 118 valence electrons. The standard InChI is InChI=1S/C15H18ClFN4O/c1-2-13-20-21-14(22-13)6-9-3-4-11(5-9)19-15-12(17)7-10(16)8-18-15/h7-9,11H,2-6H2,1H3,(H,18,19)/t9-,11+/m1/s1. The van der Waals surface area contributed by atoms with E-state index < -0.39 is 5.82 Å². The van der Waals surface area contributed by atoms with Gasteiger partial charge in [-0.1, -0.05) is 18.5 Å². The zero-order valence-electron chi connectivity index (χ0n) is 12.4. The van der Waals surface area contributed by atoms with Crippen molar-refractivity contribution in [3.05, 3.63) is 34.9 Å². The van der Waals surface area contributed by atoms with Gasteiger partial charge in [0, 0.05) is 25.1 Å². The molecule has 0 spiro atoms. The van der Waals surface area contributed by atoms with Crippen molar-refractivity contribution in [2.75, 3.05) is 5.32 Å². The van der Waals surface area contributed by atoms with Crippen LogP contribution in [0.5, 0.6) is 0 Å². The molecule has 22 heavy (non-hydrogen) atoms. The van der Waals surface area contributed by atoms with Crippen LogP contribution in [0.4, 0.5) is 10.2 Å². The van der Waals surface area contributed by atoms with Crippen LogP contribution in [-0.2, 0) is 12.8 Å². The van der Waals surface area contributed by atoms with Crippen LogP contribution >= 0.6 is 11.6 Å². The monoisotopic (exact) mass is 324 g/mol. The van der Waals surface area contributed by atoms with Gasteiger partial charge in [-0.2, -0.15) is 0 Å². The number of halogens is 2. The smallest absolute Gasteiger partial charge is 0.216 e. The van der Waals surface area contributed by atoms with Crippen LogP contribution in [0, 0.1) is 11.7 Å². The molecule has 1 aliphatic rings. The van der Waals surface area contributed by atoms with Gasteiger partial charge in [-0.3, -0.25) is 0 Å². The van der Waals surface area contributed by atoms with Crippen molar-refractivity contribution in [2.45, 2.75) is 45.1 Å². The molecule has 2 heterocycles. The zero-order chi connectivity index (χ0) is 15.5. The minimum absolute atomic E-state index is 0.210. The topological polar surface area (TPSA) is 63.8 Å². The van der Waals surface area contributed by atoms with E-state index in [-0.39, 0.29) is 11.9 Å². The van der Waals surface area contributed by atoms with Gasteiger partial charge in [0.15, 0.2) is 11.6 Å². The molecule has 0 bridgehead atoms. The summed E-state index contributed by atoms with van der Waals surface area (Å²) < 4.78 is 19.3. The maximum absolute atomic E-state index is 13.7. The first-order valence-corrected chi connectivity index (χ1v) is 7.90. The Morgan fingerprint density at radius 2 is 2.18 bits per heavy atom. The van der Waals surface area contributed by atoms with Gasteiger partial charge in [-0.05, 0) is 31.2 Å². The van der Waals surface area contributed by atoms with Crippen LogP contribution in [0.25, 0.3) is 0 Å². The third-order valence-electron chi connectivity index (χ3n) is 3.96. The molecule has 2 aromatic heterocycles. The molecular formula is C15H18ClFN4O. The summed E-state index contributed by atoms with van der Waals surface area (Å²) in [5, 5.41) is 11.5. The second-order valence-electron chi connectivity index (χ2n) is 5.65. The van der Waals surface area contributed by atoms with Crippen molar-refractivity contribution < 1.29 is 8.81 Å². The van der Waals surface area contributed by atoms with E-state index in [4.69, 9.17) is 16.0 Å². The summed E-state index contributed by atoms with van der Waals surface area (Å²) in [5.74, 6) is 1.69. The lowest BCUT2D eigenvalue weighted by Crippen LogP contribution is -2.17. The molecule has 5 nitrogen and oxygen atoms in total. The normalized spacial score (nSPS) is 21.2. The molecule has 7 heteroatoms. The van der Waals surface area contributed by atoms with Crippen molar-refractivity contribution in [2.24, 2.45) is 5.92 Å². The van der Waals surface area contributed by atoms with Gasteiger partial charge in [0.05, 0.1) is 5.02 Å². The fourth-order valence-electron chi connectivity index (χ4n) is 2.87.